The summed E-state index contributed by atoms with van der Waals surface area (Å²) >= 11 is 0. The molecular formula is C82H62N4OPtSi2-2. The summed E-state index contributed by atoms with van der Waals surface area (Å²) in [6.07, 6.45) is 4.91. The number of rotatable bonds is 14. The number of aromatic nitrogens is 4. The third-order valence-corrected chi connectivity index (χ3v) is 23.8. The van der Waals surface area contributed by atoms with Gasteiger partial charge in [-0.25, -0.2) is 4.98 Å². The van der Waals surface area contributed by atoms with Crippen molar-refractivity contribution in [1.29, 1.82) is 0 Å². The van der Waals surface area contributed by atoms with Gasteiger partial charge in [0.2, 0.25) is 0 Å². The van der Waals surface area contributed by atoms with Crippen LogP contribution in [0.4, 0.5) is 0 Å². The number of imidazole rings is 1. The van der Waals surface area contributed by atoms with Gasteiger partial charge in [-0.05, 0) is 98.9 Å². The minimum absolute atomic E-state index is 0. The summed E-state index contributed by atoms with van der Waals surface area (Å²) in [5.41, 5.74) is -0.642. The second-order valence-corrected chi connectivity index (χ2v) is 28.3. The van der Waals surface area contributed by atoms with E-state index in [9.17, 15) is 35.6 Å². The van der Waals surface area contributed by atoms with Crippen LogP contribution >= 0.6 is 0 Å². The van der Waals surface area contributed by atoms with Gasteiger partial charge in [-0.1, -0.05) is 286 Å². The predicted molar refractivity (Wildman–Crippen MR) is 371 cm³/mol. The number of benzene rings is 12. The van der Waals surface area contributed by atoms with Gasteiger partial charge in [0.25, 0.3) is 6.33 Å². The molecule has 90 heavy (non-hydrogen) atoms. The van der Waals surface area contributed by atoms with Gasteiger partial charge < -0.3 is 13.9 Å². The van der Waals surface area contributed by atoms with E-state index in [-0.39, 0.29) is 54.7 Å². The maximum Gasteiger partial charge on any atom is 0.268 e. The average Bonchev–Trinajstić information content (AvgIpc) is 1.31. The zero-order chi connectivity index (χ0) is 90.4. The van der Waals surface area contributed by atoms with Gasteiger partial charge in [-0.15, -0.1) is 29.7 Å². The van der Waals surface area contributed by atoms with Crippen molar-refractivity contribution >= 4 is 90.5 Å². The van der Waals surface area contributed by atoms with Crippen LogP contribution in [0.3, 0.4) is 0 Å². The van der Waals surface area contributed by atoms with Crippen LogP contribution in [-0.2, 0) is 26.5 Å². The quantitative estimate of drug-likeness (QED) is 0.0471. The van der Waals surface area contributed by atoms with Crippen molar-refractivity contribution < 1.29 is 78.3 Å². The molecule has 0 aliphatic carbocycles. The van der Waals surface area contributed by atoms with Crippen molar-refractivity contribution in [3.63, 3.8) is 0 Å². The van der Waals surface area contributed by atoms with Crippen LogP contribution in [-0.4, -0.2) is 30.3 Å². The number of para-hydroxylation sites is 2. The third-order valence-electron chi connectivity index (χ3n) is 15.4. The molecule has 0 amide bonds. The summed E-state index contributed by atoms with van der Waals surface area (Å²) in [4.78, 5) is 4.80. The number of hydrogen-bond donors (Lipinski definition) is 0. The van der Waals surface area contributed by atoms with E-state index in [0.717, 1.165) is 49.2 Å². The molecule has 5 nitrogen and oxygen atoms in total. The molecule has 3 heterocycles. The summed E-state index contributed by atoms with van der Waals surface area (Å²) < 4.78 is 350. The zero-order valence-corrected chi connectivity index (χ0v) is 51.7. The second kappa shape index (κ2) is 24.2. The first-order valence-electron chi connectivity index (χ1n) is 45.1. The molecule has 0 bridgehead atoms. The molecule has 15 rings (SSSR count). The van der Waals surface area contributed by atoms with Crippen molar-refractivity contribution in [3.05, 3.63) is 345 Å². The average molecular weight is 1410 g/mol. The zero-order valence-electron chi connectivity index (χ0n) is 82.4. The van der Waals surface area contributed by atoms with Gasteiger partial charge in [-0.2, -0.15) is 18.2 Å². The number of hydrogen-bond acceptors (Lipinski definition) is 2. The number of fused-ring (bicyclic) bond motifs is 4. The second-order valence-electron chi connectivity index (χ2n) is 21.3. The predicted octanol–water partition coefficient (Wildman–Crippen LogP) is 13.3. The first-order chi connectivity index (χ1) is 58.3. The minimum Gasteiger partial charge on any atom is -0.510 e. The van der Waals surface area contributed by atoms with E-state index >= 15 is 0 Å². The van der Waals surface area contributed by atoms with Crippen LogP contribution in [0.15, 0.2) is 321 Å². The van der Waals surface area contributed by atoms with Crippen molar-refractivity contribution in [2.45, 2.75) is 26.2 Å². The van der Waals surface area contributed by atoms with Crippen molar-refractivity contribution in [2.75, 3.05) is 0 Å². The molecule has 0 radical (unpaired) electrons. The Morgan fingerprint density at radius 3 is 1.47 bits per heavy atom. The Balaban J connectivity index is 0.0000127. The van der Waals surface area contributed by atoms with Gasteiger partial charge in [-0.3, -0.25) is 4.57 Å². The van der Waals surface area contributed by atoms with E-state index in [1.165, 1.54) is 36.4 Å². The van der Waals surface area contributed by atoms with Gasteiger partial charge in [0.15, 0.2) is 16.1 Å². The maximum absolute atomic E-state index is 10.3. The molecule has 0 N–H and O–H groups in total. The van der Waals surface area contributed by atoms with E-state index in [4.69, 9.17) is 22.1 Å². The van der Waals surface area contributed by atoms with Crippen LogP contribution in [0.5, 0.6) is 11.5 Å². The first kappa shape index (κ1) is 30.5. The normalized spacial score (nSPS) is 17.3. The Morgan fingerprint density at radius 1 is 0.456 bits per heavy atom. The first-order valence-corrected chi connectivity index (χ1v) is 31.6. The molecular weight excluding hydrogens is 1310 g/mol. The van der Waals surface area contributed by atoms with Crippen LogP contribution in [0.25, 0.3) is 61.2 Å². The van der Waals surface area contributed by atoms with E-state index in [1.54, 1.807) is 18.3 Å². The van der Waals surface area contributed by atoms with Gasteiger partial charge >= 0.3 is 0 Å². The molecule has 15 aromatic rings. The molecule has 0 saturated carbocycles. The molecule has 0 aliphatic heterocycles. The van der Waals surface area contributed by atoms with Gasteiger partial charge in [0.1, 0.15) is 5.82 Å². The van der Waals surface area contributed by atoms with Crippen molar-refractivity contribution in [1.82, 2.24) is 14.1 Å². The topological polar surface area (TPSA) is 35.9 Å². The maximum atomic E-state index is 10.3. The van der Waals surface area contributed by atoms with Gasteiger partial charge in [0.05, 0.1) is 64.7 Å². The van der Waals surface area contributed by atoms with Crippen LogP contribution in [0.1, 0.15) is 74.3 Å². The SMILES string of the molecule is [2H]c1c([2H])c([2H])c(-c2ccc3c(c2)n(-c2[c-]c(Oc4[c-]c5c(cc4)c4ccccc4n5-c4cc(C(C)(C)C)ccn4)ccc2)[c-][n+]3-c2c([Si](c3c([2H])c([2H])c([2H])c([2H])c3[2H])(c3c([2H])c([2H])c([2H])c([2H])c3[2H])c3c([2H])c([2H])c([2H])c([2H])c3[2H])cccc2[Si](c2c([2H])c([2H])c([2H])c([2H])c2[2H])(c2c([2H])c([2H])c([2H])c([2H])c2[2H])c2c([2H])c([2H])c([2H])c([2H])c2[2H])c([2H])c1[2H].[Pt]. The van der Waals surface area contributed by atoms with Crippen LogP contribution in [0, 0.1) is 18.5 Å². The fourth-order valence-corrected chi connectivity index (χ4v) is 19.6. The molecule has 0 spiro atoms. The summed E-state index contributed by atoms with van der Waals surface area (Å²) in [5, 5.41) is -7.47. The largest absolute Gasteiger partial charge is 0.510 e. The Morgan fingerprint density at radius 2 is 0.944 bits per heavy atom. The van der Waals surface area contributed by atoms with Crippen LogP contribution in [0.2, 0.25) is 0 Å². The van der Waals surface area contributed by atoms with E-state index in [0.29, 0.717) is 11.3 Å². The Bertz CT molecular complexity index is 6480. The summed E-state index contributed by atoms with van der Waals surface area (Å²) in [5.74, 6) is 0.471. The molecule has 0 unspecified atom stereocenters. The monoisotopic (exact) mass is 1400 g/mol. The van der Waals surface area contributed by atoms with E-state index in [1.807, 2.05) is 41.0 Å². The van der Waals surface area contributed by atoms with Crippen LogP contribution < -0.4 is 50.8 Å². The third kappa shape index (κ3) is 10.00. The van der Waals surface area contributed by atoms with Crippen molar-refractivity contribution in [3.8, 4) is 39.8 Å². The molecule has 436 valence electrons. The van der Waals surface area contributed by atoms with E-state index < -0.39 is 286 Å². The Kier molecular flexibility index (Phi) is 8.18. The number of ether oxygens (including phenoxy) is 1. The standard InChI is InChI=1S/C82H62N4OSi2.Pt/c1-82(2,3)62-53-54-83-80(56-62)86-74-46-26-25-45-72(74)73-51-50-65(58-76(73)86)87-64-32-27-31-63(57-64)84-59-85(75-52-49-61(55-77(75)84)60-29-11-4-12-30-60)81-78(88(66-33-13-5-14-34-66,67-35-15-6-16-36-67)68-37-17-7-18-38-68)47-28-48-79(81)89(69-39-19-8-20-40-69,70-41-21-9-22-42-70)71-43-23-10-24-44-71;/h4-56H,1-3H3;/q-2;/i4D,5D,6D,7D,8D,9D,10D,11D,12D,13D,14D,15D,16D,17D,18D,19D,20D,21D,22D,23D,24D,29D,30D,33D,34D,35D,36D,37D,38D,39D,40D,41D,42D,43D,44D;. The number of nitrogens with zero attached hydrogens (tertiary/aromatic N) is 4. The summed E-state index contributed by atoms with van der Waals surface area (Å²) in [7, 11) is -13.8. The minimum atomic E-state index is -6.88. The molecule has 8 heteroatoms. The molecule has 0 fully saturated rings. The summed E-state index contributed by atoms with van der Waals surface area (Å²) in [6, 6.07) is -10.2. The fourth-order valence-electron chi connectivity index (χ4n) is 11.5. The molecule has 3 aromatic heterocycles. The summed E-state index contributed by atoms with van der Waals surface area (Å²) in [6.45, 7) is 6.16. The van der Waals surface area contributed by atoms with E-state index in [2.05, 4.69) is 39.2 Å². The van der Waals surface area contributed by atoms with Gasteiger partial charge in [0, 0.05) is 44.3 Å². The molecule has 0 aliphatic rings. The fraction of sp³-hybridized carbons (Fsp3) is 0.0488. The van der Waals surface area contributed by atoms with Crippen molar-refractivity contribution in [2.24, 2.45) is 0 Å². The Labute approximate surface area is 591 Å². The Hall–Kier alpha value is -10.0. The molecule has 0 atom stereocenters. The number of pyridine rings is 1. The molecule has 0 saturated heterocycles. The molecule has 12 aromatic carbocycles. The smallest absolute Gasteiger partial charge is 0.268 e.